The molecule has 6 heteroatoms. The number of aliphatic carboxylic acids is 1. The van der Waals surface area contributed by atoms with Crippen LogP contribution < -0.4 is 0 Å². The van der Waals surface area contributed by atoms with E-state index in [1.54, 1.807) is 30.5 Å². The second-order valence-corrected chi connectivity index (χ2v) is 6.58. The molecule has 1 aromatic carbocycles. The fraction of sp³-hybridized carbons (Fsp3) is 0.429. The third-order valence-corrected chi connectivity index (χ3v) is 3.95. The largest absolute Gasteiger partial charge is 0.480 e. The molecule has 0 aliphatic heterocycles. The molecule has 0 fully saturated rings. The van der Waals surface area contributed by atoms with E-state index in [0.29, 0.717) is 11.3 Å². The first-order valence-electron chi connectivity index (χ1n) is 6.06. The number of rotatable bonds is 5. The van der Waals surface area contributed by atoms with Crippen molar-refractivity contribution in [3.63, 3.8) is 0 Å². The molecule has 0 spiro atoms. The van der Waals surface area contributed by atoms with Crippen LogP contribution in [0.3, 0.4) is 0 Å². The highest BCUT2D eigenvalue weighted by Gasteiger charge is 2.35. The summed E-state index contributed by atoms with van der Waals surface area (Å²) in [4.78, 5) is 24.7. The van der Waals surface area contributed by atoms with Crippen LogP contribution in [0.5, 0.6) is 0 Å². The van der Waals surface area contributed by atoms with Gasteiger partial charge >= 0.3 is 5.97 Å². The molecular formula is C14H19NO4S. The molecule has 0 aliphatic carbocycles. The van der Waals surface area contributed by atoms with Crippen LogP contribution in [-0.4, -0.2) is 44.9 Å². The van der Waals surface area contributed by atoms with Gasteiger partial charge in [-0.15, -0.1) is 0 Å². The summed E-state index contributed by atoms with van der Waals surface area (Å²) in [6.45, 7) is 2.94. The van der Waals surface area contributed by atoms with E-state index in [9.17, 15) is 13.8 Å². The number of carboxylic acids is 1. The zero-order valence-corrected chi connectivity index (χ0v) is 12.9. The van der Waals surface area contributed by atoms with Gasteiger partial charge in [0.25, 0.3) is 5.91 Å². The van der Waals surface area contributed by atoms with E-state index in [4.69, 9.17) is 5.11 Å². The number of nitrogens with zero attached hydrogens (tertiary/aromatic N) is 1. The van der Waals surface area contributed by atoms with Gasteiger partial charge in [-0.05, 0) is 31.5 Å². The summed E-state index contributed by atoms with van der Waals surface area (Å²) >= 11 is 0. The molecule has 0 saturated heterocycles. The van der Waals surface area contributed by atoms with Gasteiger partial charge in [-0.2, -0.15) is 0 Å². The lowest BCUT2D eigenvalue weighted by molar-refractivity contribution is -0.147. The van der Waals surface area contributed by atoms with Crippen LogP contribution in [0.1, 0.15) is 29.8 Å². The number of carbonyl (C=O) groups excluding carboxylic acids is 1. The van der Waals surface area contributed by atoms with Gasteiger partial charge in [0.1, 0.15) is 5.54 Å². The third kappa shape index (κ3) is 3.66. The van der Waals surface area contributed by atoms with Gasteiger partial charge in [-0.3, -0.25) is 9.00 Å². The van der Waals surface area contributed by atoms with Crippen molar-refractivity contribution in [3.05, 3.63) is 35.4 Å². The van der Waals surface area contributed by atoms with Gasteiger partial charge in [0.2, 0.25) is 0 Å². The summed E-state index contributed by atoms with van der Waals surface area (Å²) in [5, 5.41) is 9.15. The van der Waals surface area contributed by atoms with Crippen molar-refractivity contribution in [2.24, 2.45) is 0 Å². The van der Waals surface area contributed by atoms with Crippen molar-refractivity contribution in [1.29, 1.82) is 0 Å². The SMILES string of the molecule is CN(C(=O)c1cccc(CS(C)=O)c1)C(C)(C)C(=O)O. The Hall–Kier alpha value is -1.69. The number of hydrogen-bond acceptors (Lipinski definition) is 3. The highest BCUT2D eigenvalue weighted by molar-refractivity contribution is 7.83. The van der Waals surface area contributed by atoms with Gasteiger partial charge < -0.3 is 10.0 Å². The van der Waals surface area contributed by atoms with E-state index in [-0.39, 0.29) is 5.91 Å². The second-order valence-electron chi connectivity index (χ2n) is 5.15. The molecule has 0 heterocycles. The number of amides is 1. The maximum atomic E-state index is 12.3. The molecular weight excluding hydrogens is 278 g/mol. The normalized spacial score (nSPS) is 12.8. The number of carbonyl (C=O) groups is 2. The molecule has 1 rings (SSSR count). The first-order chi connectivity index (χ1) is 9.16. The molecule has 0 radical (unpaired) electrons. The monoisotopic (exact) mass is 297 g/mol. The molecule has 1 unspecified atom stereocenters. The molecule has 1 atom stereocenters. The lowest BCUT2D eigenvalue weighted by Gasteiger charge is -2.31. The number of hydrogen-bond donors (Lipinski definition) is 1. The first-order valence-corrected chi connectivity index (χ1v) is 7.79. The van der Waals surface area contributed by atoms with E-state index >= 15 is 0 Å². The Morgan fingerprint density at radius 2 is 1.95 bits per heavy atom. The van der Waals surface area contributed by atoms with E-state index in [0.717, 1.165) is 5.56 Å². The summed E-state index contributed by atoms with van der Waals surface area (Å²) in [6.07, 6.45) is 1.59. The summed E-state index contributed by atoms with van der Waals surface area (Å²) in [6, 6.07) is 6.77. The Balaban J connectivity index is 3.03. The molecule has 0 aliphatic rings. The zero-order valence-electron chi connectivity index (χ0n) is 12.0. The Labute approximate surface area is 121 Å². The minimum atomic E-state index is -1.29. The maximum absolute atomic E-state index is 12.3. The molecule has 1 N–H and O–H groups in total. The minimum absolute atomic E-state index is 0.368. The van der Waals surface area contributed by atoms with Crippen LogP contribution in [0.2, 0.25) is 0 Å². The molecule has 1 aromatic rings. The lowest BCUT2D eigenvalue weighted by atomic mass is 10.0. The predicted octanol–water partition coefficient (Wildman–Crippen LogP) is 1.50. The molecule has 1 amide bonds. The average Bonchev–Trinajstić information content (AvgIpc) is 2.36. The fourth-order valence-electron chi connectivity index (χ4n) is 1.62. The Morgan fingerprint density at radius 1 is 1.35 bits per heavy atom. The molecule has 110 valence electrons. The van der Waals surface area contributed by atoms with Crippen molar-refractivity contribution < 1.29 is 18.9 Å². The van der Waals surface area contributed by atoms with Gasteiger partial charge in [0.05, 0.1) is 0 Å². The van der Waals surface area contributed by atoms with E-state index in [1.165, 1.54) is 25.8 Å². The maximum Gasteiger partial charge on any atom is 0.329 e. The van der Waals surface area contributed by atoms with Crippen molar-refractivity contribution in [2.75, 3.05) is 13.3 Å². The Kier molecular flexibility index (Phi) is 5.05. The molecule has 20 heavy (non-hydrogen) atoms. The molecule has 0 saturated carbocycles. The summed E-state index contributed by atoms with van der Waals surface area (Å²) in [5.41, 5.74) is -0.108. The predicted molar refractivity (Wildman–Crippen MR) is 78.0 cm³/mol. The molecule has 0 aromatic heterocycles. The third-order valence-electron chi connectivity index (χ3n) is 3.21. The summed E-state index contributed by atoms with van der Waals surface area (Å²) in [7, 11) is 0.467. The van der Waals surface area contributed by atoms with Crippen molar-refractivity contribution in [1.82, 2.24) is 4.90 Å². The highest BCUT2D eigenvalue weighted by atomic mass is 32.2. The van der Waals surface area contributed by atoms with Crippen LogP contribution in [0.25, 0.3) is 0 Å². The fourth-order valence-corrected chi connectivity index (χ4v) is 2.27. The van der Waals surface area contributed by atoms with Gasteiger partial charge in [0.15, 0.2) is 0 Å². The van der Waals surface area contributed by atoms with Crippen LogP contribution >= 0.6 is 0 Å². The van der Waals surface area contributed by atoms with Gasteiger partial charge in [0, 0.05) is 35.4 Å². The quantitative estimate of drug-likeness (QED) is 0.893. The van der Waals surface area contributed by atoms with Crippen LogP contribution in [0.15, 0.2) is 24.3 Å². The summed E-state index contributed by atoms with van der Waals surface area (Å²) < 4.78 is 11.2. The number of benzene rings is 1. The lowest BCUT2D eigenvalue weighted by Crippen LogP contribution is -2.50. The topological polar surface area (TPSA) is 74.7 Å². The average molecular weight is 297 g/mol. The standard InChI is InChI=1S/C14H19NO4S/c1-14(2,13(17)18)15(3)12(16)11-7-5-6-10(8-11)9-20(4)19/h5-8H,9H2,1-4H3,(H,17,18). The van der Waals surface area contributed by atoms with E-state index in [2.05, 4.69) is 0 Å². The number of carboxylic acid groups (broad SMARTS) is 1. The number of likely N-dealkylation sites (N-methyl/N-ethyl adjacent to an activating group) is 1. The van der Waals surface area contributed by atoms with Crippen LogP contribution in [0.4, 0.5) is 0 Å². The van der Waals surface area contributed by atoms with Crippen molar-refractivity contribution in [2.45, 2.75) is 25.1 Å². The zero-order chi connectivity index (χ0) is 15.5. The van der Waals surface area contributed by atoms with E-state index in [1.807, 2.05) is 0 Å². The second kappa shape index (κ2) is 6.17. The van der Waals surface area contributed by atoms with Crippen molar-refractivity contribution >= 4 is 22.7 Å². The minimum Gasteiger partial charge on any atom is -0.480 e. The molecule has 0 bridgehead atoms. The molecule has 5 nitrogen and oxygen atoms in total. The Morgan fingerprint density at radius 3 is 2.45 bits per heavy atom. The van der Waals surface area contributed by atoms with Gasteiger partial charge in [-0.1, -0.05) is 12.1 Å². The first kappa shape index (κ1) is 16.4. The van der Waals surface area contributed by atoms with Crippen LogP contribution in [-0.2, 0) is 21.3 Å². The summed E-state index contributed by atoms with van der Waals surface area (Å²) in [5.74, 6) is -1.08. The Bertz CT molecular complexity index is 554. The highest BCUT2D eigenvalue weighted by Crippen LogP contribution is 2.17. The van der Waals surface area contributed by atoms with Gasteiger partial charge in [-0.25, -0.2) is 4.79 Å². The van der Waals surface area contributed by atoms with E-state index < -0.39 is 22.3 Å². The smallest absolute Gasteiger partial charge is 0.329 e. The van der Waals surface area contributed by atoms with Crippen LogP contribution in [0, 0.1) is 0 Å². The van der Waals surface area contributed by atoms with Crippen molar-refractivity contribution in [3.8, 4) is 0 Å².